The molecule has 2 aliphatic rings. The van der Waals surface area contributed by atoms with E-state index < -0.39 is 69.7 Å². The molecule has 2 rings (SSSR count). The molecule has 1 amide bonds. The van der Waals surface area contributed by atoms with Gasteiger partial charge in [-0.1, -0.05) is 4.40 Å². The Labute approximate surface area is 207 Å². The lowest BCUT2D eigenvalue weighted by Crippen LogP contribution is -2.60. The van der Waals surface area contributed by atoms with Gasteiger partial charge in [0.1, 0.15) is 31.9 Å². The van der Waals surface area contributed by atoms with E-state index in [9.17, 15) is 52.8 Å². The number of quaternary nitrogens is 2. The number of ketones is 1. The molecule has 0 aromatic heterocycles. The summed E-state index contributed by atoms with van der Waals surface area (Å²) in [5, 5.41) is 0. The van der Waals surface area contributed by atoms with Gasteiger partial charge >= 0.3 is 37.0 Å². The Morgan fingerprint density at radius 3 is 1.51 bits per heavy atom. The number of alkyl halides is 6. The molecule has 0 radical (unpaired) electrons. The number of carbonyl (C=O) groups is 2. The number of amides is 1. The number of rotatable bonds is 6. The molecule has 0 spiro atoms. The molecule has 0 saturated carbocycles. The molecule has 0 N–H and O–H groups in total. The highest BCUT2D eigenvalue weighted by molar-refractivity contribution is 7.91. The van der Waals surface area contributed by atoms with Crippen LogP contribution in [0.5, 0.6) is 0 Å². The van der Waals surface area contributed by atoms with E-state index in [2.05, 4.69) is 8.80 Å². The topological polar surface area (TPSA) is 146 Å². The van der Waals surface area contributed by atoms with Gasteiger partial charge in [-0.25, -0.2) is 4.79 Å². The van der Waals surface area contributed by atoms with Crippen LogP contribution in [-0.2, 0) is 39.1 Å². The van der Waals surface area contributed by atoms with Gasteiger partial charge in [0.15, 0.2) is 0 Å². The third-order valence-electron chi connectivity index (χ3n) is 5.76. The summed E-state index contributed by atoms with van der Waals surface area (Å²) < 4.78 is 140. The van der Waals surface area contributed by atoms with Crippen LogP contribution < -0.4 is 0 Å². The van der Waals surface area contributed by atoms with Crippen molar-refractivity contribution in [3.63, 3.8) is 0 Å². The second kappa shape index (κ2) is 10.6. The summed E-state index contributed by atoms with van der Waals surface area (Å²) in [6.07, 6.45) is -1.57. The Hall–Kier alpha value is -2.00. The minimum atomic E-state index is -6.51. The van der Waals surface area contributed by atoms with E-state index in [0.29, 0.717) is 0 Å². The van der Waals surface area contributed by atoms with Crippen molar-refractivity contribution in [2.75, 3.05) is 66.7 Å². The predicted octanol–water partition coefficient (Wildman–Crippen LogP) is -0.0355. The molecular weight excluding hydrogens is 566 g/mol. The second-order valence-electron chi connectivity index (χ2n) is 8.61. The molecule has 2 saturated heterocycles. The van der Waals surface area contributed by atoms with Crippen LogP contribution in [0.1, 0.15) is 6.42 Å². The monoisotopic (exact) mass is 590 g/mol. The molecule has 20 heteroatoms. The molecule has 2 fully saturated rings. The van der Waals surface area contributed by atoms with E-state index in [0.717, 1.165) is 7.05 Å². The highest BCUT2D eigenvalue weighted by atomic mass is 32.2. The van der Waals surface area contributed by atoms with Crippen LogP contribution in [0.4, 0.5) is 26.3 Å². The molecule has 12 nitrogen and oxygen atoms in total. The van der Waals surface area contributed by atoms with E-state index >= 15 is 0 Å². The van der Waals surface area contributed by atoms with E-state index in [1.54, 1.807) is 0 Å². The fraction of sp³-hybridized carbons (Fsp3) is 0.765. The van der Waals surface area contributed by atoms with Crippen molar-refractivity contribution in [3.05, 3.63) is 0 Å². The minimum absolute atomic E-state index is 0.0322. The van der Waals surface area contributed by atoms with Gasteiger partial charge in [0.05, 0.1) is 46.9 Å². The molecule has 37 heavy (non-hydrogen) atoms. The molecule has 2 heterocycles. The Bertz CT molecular complexity index is 1180. The first-order chi connectivity index (χ1) is 16.7. The van der Waals surface area contributed by atoms with Crippen molar-refractivity contribution < 1.29 is 71.2 Å². The highest BCUT2D eigenvalue weighted by Crippen LogP contribution is 2.29. The molecule has 0 aliphatic carbocycles. The van der Waals surface area contributed by atoms with Crippen LogP contribution in [0, 0.1) is 0 Å². The zero-order valence-electron chi connectivity index (χ0n) is 19.5. The molecule has 0 bridgehead atoms. The number of likely N-dealkylation sites (N-methyl/N-ethyl adjacent to an activating group) is 2. The van der Waals surface area contributed by atoms with Gasteiger partial charge in [0, 0.05) is 0 Å². The van der Waals surface area contributed by atoms with Crippen molar-refractivity contribution in [1.82, 2.24) is 0 Å². The summed E-state index contributed by atoms with van der Waals surface area (Å²) in [7, 11) is -10.6. The molecule has 0 aromatic rings. The Morgan fingerprint density at radius 2 is 1.11 bits per heavy atom. The maximum Gasteiger partial charge on any atom is 0.518 e. The van der Waals surface area contributed by atoms with Gasteiger partial charge in [-0.3, -0.25) is 13.8 Å². The largest absolute Gasteiger partial charge is 0.518 e. The SMILES string of the molecule is C[N+]1(C(=O)C(=O)CC(=NS(=O)(=O)C(F)(F)F)C(=NS(=O)(=O)C(F)(F)F)[N+]2(C)CCOCC2)CCOCC1. The molecule has 0 unspecified atom stereocenters. The quantitative estimate of drug-likeness (QED) is 0.138. The lowest BCUT2D eigenvalue weighted by atomic mass is 10.1. The van der Waals surface area contributed by atoms with Crippen molar-refractivity contribution >= 4 is 43.3 Å². The first kappa shape index (κ1) is 31.2. The average molecular weight is 591 g/mol. The van der Waals surface area contributed by atoms with Gasteiger partial charge in [-0.05, 0) is 0 Å². The number of morpholine rings is 2. The number of nitrogens with zero attached hydrogens (tertiary/aromatic N) is 4. The number of Topliss-reactive ketones (excluding diaryl/α,β-unsaturated/α-hetero) is 1. The highest BCUT2D eigenvalue weighted by Gasteiger charge is 2.52. The fourth-order valence-corrected chi connectivity index (χ4v) is 4.59. The summed E-state index contributed by atoms with van der Waals surface area (Å²) in [5.74, 6) is -4.13. The van der Waals surface area contributed by atoms with E-state index in [4.69, 9.17) is 9.47 Å². The van der Waals surface area contributed by atoms with Gasteiger partial charge in [0.25, 0.3) is 11.6 Å². The second-order valence-corrected chi connectivity index (χ2v) is 11.8. The van der Waals surface area contributed by atoms with Gasteiger partial charge in [-0.2, -0.15) is 47.6 Å². The smallest absolute Gasteiger partial charge is 0.370 e. The Balaban J connectivity index is 2.75. The number of halogens is 6. The first-order valence-electron chi connectivity index (χ1n) is 10.4. The third kappa shape index (κ3) is 7.11. The predicted molar refractivity (Wildman–Crippen MR) is 113 cm³/mol. The number of ether oxygens (including phenoxy) is 2. The lowest BCUT2D eigenvalue weighted by Gasteiger charge is -2.37. The molecule has 0 atom stereocenters. The maximum atomic E-state index is 13.2. The minimum Gasteiger partial charge on any atom is -0.370 e. The molecule has 212 valence electrons. The fourth-order valence-electron chi connectivity index (χ4n) is 3.41. The standard InChI is InChI=1S/C17H24F6N4O8S2/c1-26(3-7-34-8-4-26)14(25-37(32,33)17(21,22)23)12(24-36(30,31)16(18,19)20)11-13(28)15(29)27(2)5-9-35-10-6-27/h3-11H2,1-2H3/q+2. The number of hydrogen-bond donors (Lipinski definition) is 0. The van der Waals surface area contributed by atoms with Gasteiger partial charge in [-0.15, -0.1) is 0 Å². The number of carbonyl (C=O) groups excluding carboxylic acids is 2. The lowest BCUT2D eigenvalue weighted by molar-refractivity contribution is -0.840. The van der Waals surface area contributed by atoms with Crippen molar-refractivity contribution in [3.8, 4) is 0 Å². The van der Waals surface area contributed by atoms with Gasteiger partial charge in [0.2, 0.25) is 0 Å². The van der Waals surface area contributed by atoms with Crippen LogP contribution in [0.15, 0.2) is 8.80 Å². The average Bonchev–Trinajstić information content (AvgIpc) is 2.75. The van der Waals surface area contributed by atoms with Crippen molar-refractivity contribution in [2.45, 2.75) is 17.4 Å². The summed E-state index contributed by atoms with van der Waals surface area (Å²) >= 11 is 0. The zero-order valence-corrected chi connectivity index (χ0v) is 21.1. The third-order valence-corrected chi connectivity index (χ3v) is 7.81. The molecular formula is C17H24F6N4O8S2+2. The summed E-state index contributed by atoms with van der Waals surface area (Å²) in [6, 6.07) is 0. The normalized spacial score (nSPS) is 21.9. The van der Waals surface area contributed by atoms with E-state index in [1.807, 2.05) is 0 Å². The number of hydrogen-bond acceptors (Lipinski definition) is 8. The zero-order chi connectivity index (χ0) is 28.5. The summed E-state index contributed by atoms with van der Waals surface area (Å²) in [4.78, 5) is 25.6. The maximum absolute atomic E-state index is 13.2. The number of sulfonamides is 2. The summed E-state index contributed by atoms with van der Waals surface area (Å²) in [6.45, 7) is -1.21. The van der Waals surface area contributed by atoms with Crippen molar-refractivity contribution in [1.29, 1.82) is 0 Å². The van der Waals surface area contributed by atoms with Crippen LogP contribution >= 0.6 is 0 Å². The van der Waals surface area contributed by atoms with E-state index in [-0.39, 0.29) is 52.6 Å². The molecule has 0 aromatic carbocycles. The van der Waals surface area contributed by atoms with Crippen LogP contribution in [0.3, 0.4) is 0 Å². The first-order valence-corrected chi connectivity index (χ1v) is 13.3. The Kier molecular flexibility index (Phi) is 8.97. The molecule has 2 aliphatic heterocycles. The van der Waals surface area contributed by atoms with Crippen molar-refractivity contribution in [2.24, 2.45) is 8.80 Å². The number of amidine groups is 1. The van der Waals surface area contributed by atoms with Gasteiger partial charge < -0.3 is 9.47 Å². The van der Waals surface area contributed by atoms with E-state index in [1.165, 1.54) is 7.05 Å². The van der Waals surface area contributed by atoms with Crippen LogP contribution in [0.25, 0.3) is 0 Å². The van der Waals surface area contributed by atoms with Crippen LogP contribution in [0.2, 0.25) is 0 Å². The Morgan fingerprint density at radius 1 is 0.730 bits per heavy atom. The summed E-state index contributed by atoms with van der Waals surface area (Å²) in [5.41, 5.74) is -13.6. The van der Waals surface area contributed by atoms with Crippen LogP contribution in [-0.4, -0.2) is 127 Å².